The number of aryl methyl sites for hydroxylation is 1. The summed E-state index contributed by atoms with van der Waals surface area (Å²) in [6.45, 7) is 4.28. The Morgan fingerprint density at radius 2 is 2.21 bits per heavy atom. The summed E-state index contributed by atoms with van der Waals surface area (Å²) in [5, 5.41) is 2.61. The minimum absolute atomic E-state index is 0.278. The van der Waals surface area contributed by atoms with Gasteiger partial charge in [0, 0.05) is 24.4 Å². The van der Waals surface area contributed by atoms with E-state index in [-0.39, 0.29) is 6.04 Å². The fourth-order valence-corrected chi connectivity index (χ4v) is 2.91. The molecular formula is C14H18ClN3S. The average molecular weight is 296 g/mol. The molecule has 1 atom stereocenters. The van der Waals surface area contributed by atoms with Crippen LogP contribution in [-0.2, 0) is 6.42 Å². The van der Waals surface area contributed by atoms with Crippen LogP contribution in [0.4, 0.5) is 5.82 Å². The summed E-state index contributed by atoms with van der Waals surface area (Å²) < 4.78 is 0. The van der Waals surface area contributed by atoms with Crippen LogP contribution in [0.15, 0.2) is 23.6 Å². The Labute approximate surface area is 123 Å². The minimum atomic E-state index is 0.278. The lowest BCUT2D eigenvalue weighted by Gasteiger charge is -2.25. The van der Waals surface area contributed by atoms with Crippen LogP contribution in [0.1, 0.15) is 37.0 Å². The monoisotopic (exact) mass is 295 g/mol. The van der Waals surface area contributed by atoms with Gasteiger partial charge in [0.25, 0.3) is 0 Å². The van der Waals surface area contributed by atoms with Crippen LogP contribution in [0.3, 0.4) is 0 Å². The third kappa shape index (κ3) is 3.45. The van der Waals surface area contributed by atoms with Crippen molar-refractivity contribution >= 4 is 28.8 Å². The molecule has 102 valence electrons. The van der Waals surface area contributed by atoms with Crippen molar-refractivity contribution in [1.82, 2.24) is 9.97 Å². The van der Waals surface area contributed by atoms with Gasteiger partial charge in [-0.2, -0.15) is 0 Å². The van der Waals surface area contributed by atoms with Gasteiger partial charge in [0.15, 0.2) is 0 Å². The van der Waals surface area contributed by atoms with Crippen LogP contribution in [0, 0.1) is 0 Å². The van der Waals surface area contributed by atoms with Gasteiger partial charge in [-0.05, 0) is 24.8 Å². The topological polar surface area (TPSA) is 29.0 Å². The highest BCUT2D eigenvalue weighted by atomic mass is 35.5. The molecule has 0 bridgehead atoms. The molecule has 2 aromatic heterocycles. The van der Waals surface area contributed by atoms with Gasteiger partial charge in [-0.1, -0.05) is 24.6 Å². The van der Waals surface area contributed by atoms with Crippen LogP contribution in [-0.4, -0.2) is 17.0 Å². The third-order valence-corrected chi connectivity index (χ3v) is 4.33. The lowest BCUT2D eigenvalue weighted by molar-refractivity contribution is 0.729. The van der Waals surface area contributed by atoms with E-state index in [0.29, 0.717) is 5.15 Å². The third-order valence-electron chi connectivity index (χ3n) is 3.10. The Bertz CT molecular complexity index is 527. The molecule has 0 aliphatic heterocycles. The molecule has 2 heterocycles. The Hall–Kier alpha value is -1.13. The van der Waals surface area contributed by atoms with E-state index in [1.807, 2.05) is 13.1 Å². The SMILES string of the molecule is CCCc1nc(Cl)cc(N(C)C(C)c2cccs2)n1. The van der Waals surface area contributed by atoms with E-state index in [1.165, 1.54) is 4.88 Å². The number of rotatable bonds is 5. The zero-order valence-corrected chi connectivity index (χ0v) is 13.0. The number of nitrogens with zero attached hydrogens (tertiary/aromatic N) is 3. The van der Waals surface area contributed by atoms with Gasteiger partial charge >= 0.3 is 0 Å². The number of hydrogen-bond donors (Lipinski definition) is 0. The standard InChI is InChI=1S/C14H18ClN3S/c1-4-6-13-16-12(15)9-14(17-13)18(3)10(2)11-7-5-8-19-11/h5,7-10H,4,6H2,1-3H3. The number of halogens is 1. The molecule has 19 heavy (non-hydrogen) atoms. The van der Waals surface area contributed by atoms with Crippen LogP contribution in [0.25, 0.3) is 0 Å². The number of hydrogen-bond acceptors (Lipinski definition) is 4. The maximum atomic E-state index is 6.08. The molecule has 0 fully saturated rings. The lowest BCUT2D eigenvalue weighted by atomic mass is 10.2. The molecule has 0 aliphatic rings. The van der Waals surface area contributed by atoms with Crippen LogP contribution >= 0.6 is 22.9 Å². The van der Waals surface area contributed by atoms with Gasteiger partial charge in [0.2, 0.25) is 0 Å². The Kier molecular flexibility index (Phi) is 4.77. The van der Waals surface area contributed by atoms with E-state index in [2.05, 4.69) is 46.2 Å². The van der Waals surface area contributed by atoms with Crippen molar-refractivity contribution in [2.24, 2.45) is 0 Å². The normalized spacial score (nSPS) is 12.4. The van der Waals surface area contributed by atoms with Crippen molar-refractivity contribution in [3.63, 3.8) is 0 Å². The molecular weight excluding hydrogens is 278 g/mol. The maximum absolute atomic E-state index is 6.08. The Morgan fingerprint density at radius 1 is 1.42 bits per heavy atom. The van der Waals surface area contributed by atoms with E-state index in [0.717, 1.165) is 24.5 Å². The Morgan fingerprint density at radius 3 is 2.84 bits per heavy atom. The van der Waals surface area contributed by atoms with Gasteiger partial charge in [0.05, 0.1) is 6.04 Å². The van der Waals surface area contributed by atoms with E-state index in [4.69, 9.17) is 11.6 Å². The first-order chi connectivity index (χ1) is 9.11. The molecule has 0 aliphatic carbocycles. The summed E-state index contributed by atoms with van der Waals surface area (Å²) in [6, 6.07) is 6.31. The summed E-state index contributed by atoms with van der Waals surface area (Å²) >= 11 is 7.84. The number of aromatic nitrogens is 2. The van der Waals surface area contributed by atoms with E-state index >= 15 is 0 Å². The van der Waals surface area contributed by atoms with E-state index in [9.17, 15) is 0 Å². The van der Waals surface area contributed by atoms with E-state index in [1.54, 1.807) is 11.3 Å². The average Bonchev–Trinajstić information content (AvgIpc) is 2.90. The highest BCUT2D eigenvalue weighted by Crippen LogP contribution is 2.28. The van der Waals surface area contributed by atoms with Gasteiger partial charge in [-0.25, -0.2) is 9.97 Å². The molecule has 0 saturated carbocycles. The fourth-order valence-electron chi connectivity index (χ4n) is 1.89. The van der Waals surface area contributed by atoms with Crippen LogP contribution < -0.4 is 4.90 Å². The minimum Gasteiger partial charge on any atom is -0.352 e. The first-order valence-electron chi connectivity index (χ1n) is 6.41. The van der Waals surface area contributed by atoms with Gasteiger partial charge in [-0.15, -0.1) is 11.3 Å². The maximum Gasteiger partial charge on any atom is 0.134 e. The van der Waals surface area contributed by atoms with Crippen molar-refractivity contribution in [1.29, 1.82) is 0 Å². The van der Waals surface area contributed by atoms with Crippen molar-refractivity contribution in [2.45, 2.75) is 32.7 Å². The molecule has 0 spiro atoms. The molecule has 2 rings (SSSR count). The fraction of sp³-hybridized carbons (Fsp3) is 0.429. The molecule has 3 nitrogen and oxygen atoms in total. The molecule has 5 heteroatoms. The summed E-state index contributed by atoms with van der Waals surface area (Å²) in [5.41, 5.74) is 0. The van der Waals surface area contributed by atoms with Crippen LogP contribution in [0.2, 0.25) is 5.15 Å². The van der Waals surface area contributed by atoms with Gasteiger partial charge in [-0.3, -0.25) is 0 Å². The second kappa shape index (κ2) is 6.35. The quantitative estimate of drug-likeness (QED) is 0.768. The summed E-state index contributed by atoms with van der Waals surface area (Å²) in [6.07, 6.45) is 1.87. The molecule has 0 N–H and O–H groups in total. The molecule has 0 saturated heterocycles. The van der Waals surface area contributed by atoms with E-state index < -0.39 is 0 Å². The molecule has 0 aromatic carbocycles. The number of thiophene rings is 1. The van der Waals surface area contributed by atoms with Crippen molar-refractivity contribution in [3.8, 4) is 0 Å². The second-order valence-corrected chi connectivity index (χ2v) is 5.88. The predicted octanol–water partition coefficient (Wildman–Crippen LogP) is 4.34. The van der Waals surface area contributed by atoms with Crippen molar-refractivity contribution < 1.29 is 0 Å². The zero-order chi connectivity index (χ0) is 13.8. The molecule has 1 unspecified atom stereocenters. The first kappa shape index (κ1) is 14.3. The lowest BCUT2D eigenvalue weighted by Crippen LogP contribution is -2.22. The van der Waals surface area contributed by atoms with Gasteiger partial charge in [0.1, 0.15) is 16.8 Å². The predicted molar refractivity (Wildman–Crippen MR) is 82.2 cm³/mol. The molecule has 0 amide bonds. The molecule has 2 aromatic rings. The first-order valence-corrected chi connectivity index (χ1v) is 7.67. The summed E-state index contributed by atoms with van der Waals surface area (Å²) in [4.78, 5) is 12.3. The number of anilines is 1. The summed E-state index contributed by atoms with van der Waals surface area (Å²) in [7, 11) is 2.04. The highest BCUT2D eigenvalue weighted by molar-refractivity contribution is 7.10. The highest BCUT2D eigenvalue weighted by Gasteiger charge is 2.15. The second-order valence-electron chi connectivity index (χ2n) is 4.52. The van der Waals surface area contributed by atoms with Gasteiger partial charge < -0.3 is 4.90 Å². The smallest absolute Gasteiger partial charge is 0.134 e. The summed E-state index contributed by atoms with van der Waals surface area (Å²) in [5.74, 6) is 1.69. The van der Waals surface area contributed by atoms with Crippen LogP contribution in [0.5, 0.6) is 0 Å². The largest absolute Gasteiger partial charge is 0.352 e. The zero-order valence-electron chi connectivity index (χ0n) is 11.4. The molecule has 0 radical (unpaired) electrons. The van der Waals surface area contributed by atoms with Crippen molar-refractivity contribution in [2.75, 3.05) is 11.9 Å². The van der Waals surface area contributed by atoms with Crippen molar-refractivity contribution in [3.05, 3.63) is 39.4 Å². The Balaban J connectivity index is 2.25.